The van der Waals surface area contributed by atoms with Crippen molar-refractivity contribution in [2.45, 2.75) is 24.7 Å². The molecule has 10 rings (SSSR count). The van der Waals surface area contributed by atoms with Crippen molar-refractivity contribution in [3.63, 3.8) is 0 Å². The molecule has 1 spiro atoms. The summed E-state index contributed by atoms with van der Waals surface area (Å²) in [6.45, 7) is 4.73. The summed E-state index contributed by atoms with van der Waals surface area (Å²) in [7, 11) is 0. The molecule has 0 saturated carbocycles. The number of hydrogen-bond acceptors (Lipinski definition) is 2. The van der Waals surface area contributed by atoms with E-state index in [-0.39, 0.29) is 5.41 Å². The van der Waals surface area contributed by atoms with Crippen molar-refractivity contribution in [2.75, 3.05) is 0 Å². The fraction of sp³-hybridized carbons (Fsp3) is 0.0816. The first kappa shape index (κ1) is 29.6. The Hall–Kier alpha value is -6.25. The Labute approximate surface area is 298 Å². The van der Waals surface area contributed by atoms with Gasteiger partial charge in [0.2, 0.25) is 0 Å². The standard InChI is InChI=1S/C49H35NO/c1-48(2)38-17-7-8-18-40(38)49(41-19-9-12-22-46(41)51-47-23-13-10-20-42(47)49)43-30-35(28-29-39(43)48)32-24-26-34(27-25-32)45-31-37(33-14-4-3-5-15-33)36-16-6-11-21-44(36)50-45/h3-31H,1-2H3. The highest BCUT2D eigenvalue weighted by Gasteiger charge is 2.52. The molecule has 1 aliphatic carbocycles. The van der Waals surface area contributed by atoms with Crippen LogP contribution in [0.25, 0.3) is 44.4 Å². The molecule has 0 radical (unpaired) electrons. The number of pyridine rings is 1. The van der Waals surface area contributed by atoms with Crippen LogP contribution in [0.1, 0.15) is 47.2 Å². The lowest BCUT2D eigenvalue weighted by atomic mass is 9.53. The lowest BCUT2D eigenvalue weighted by Crippen LogP contribution is -2.43. The second-order valence-corrected chi connectivity index (χ2v) is 14.3. The average molecular weight is 654 g/mol. The minimum Gasteiger partial charge on any atom is -0.457 e. The monoisotopic (exact) mass is 653 g/mol. The number of fused-ring (bicyclic) bond motifs is 9. The zero-order valence-electron chi connectivity index (χ0n) is 28.6. The Morgan fingerprint density at radius 2 is 0.961 bits per heavy atom. The molecule has 0 saturated heterocycles. The summed E-state index contributed by atoms with van der Waals surface area (Å²) >= 11 is 0. The highest BCUT2D eigenvalue weighted by molar-refractivity contribution is 5.96. The number of hydrogen-bond donors (Lipinski definition) is 0. The maximum Gasteiger partial charge on any atom is 0.132 e. The predicted molar refractivity (Wildman–Crippen MR) is 209 cm³/mol. The Kier molecular flexibility index (Phi) is 6.47. The third kappa shape index (κ3) is 4.33. The van der Waals surface area contributed by atoms with E-state index in [1.54, 1.807) is 0 Å². The SMILES string of the molecule is CC1(C)c2ccccc2C2(c3ccccc3Oc3ccccc32)c2cc(-c3ccc(-c4cc(-c5ccccc5)c5ccccc5n4)cc3)ccc21. The summed E-state index contributed by atoms with van der Waals surface area (Å²) in [5.74, 6) is 1.81. The van der Waals surface area contributed by atoms with Crippen LogP contribution in [-0.4, -0.2) is 4.98 Å². The molecule has 0 bridgehead atoms. The van der Waals surface area contributed by atoms with Gasteiger partial charge < -0.3 is 4.74 Å². The molecule has 0 unspecified atom stereocenters. The van der Waals surface area contributed by atoms with Crippen LogP contribution >= 0.6 is 0 Å². The van der Waals surface area contributed by atoms with Crippen LogP contribution in [0.15, 0.2) is 176 Å². The van der Waals surface area contributed by atoms with Crippen LogP contribution in [0.2, 0.25) is 0 Å². The van der Waals surface area contributed by atoms with Gasteiger partial charge in [0.25, 0.3) is 0 Å². The van der Waals surface area contributed by atoms with Crippen molar-refractivity contribution in [1.29, 1.82) is 0 Å². The van der Waals surface area contributed by atoms with Crippen LogP contribution in [0.5, 0.6) is 11.5 Å². The highest BCUT2D eigenvalue weighted by Crippen LogP contribution is 2.61. The third-order valence-electron chi connectivity index (χ3n) is 11.2. The van der Waals surface area contributed by atoms with Gasteiger partial charge in [0.15, 0.2) is 0 Å². The summed E-state index contributed by atoms with van der Waals surface area (Å²) in [6, 6.07) is 63.5. The Morgan fingerprint density at radius 1 is 0.412 bits per heavy atom. The third-order valence-corrected chi connectivity index (χ3v) is 11.2. The fourth-order valence-corrected chi connectivity index (χ4v) is 8.81. The van der Waals surface area contributed by atoms with Crippen molar-refractivity contribution in [3.8, 4) is 45.0 Å². The maximum absolute atomic E-state index is 6.61. The summed E-state index contributed by atoms with van der Waals surface area (Å²) in [5, 5.41) is 1.16. The number of aromatic nitrogens is 1. The molecule has 0 amide bonds. The number of nitrogens with zero attached hydrogens (tertiary/aromatic N) is 1. The first-order chi connectivity index (χ1) is 25.0. The first-order valence-corrected chi connectivity index (χ1v) is 17.7. The van der Waals surface area contributed by atoms with Gasteiger partial charge in [-0.2, -0.15) is 0 Å². The molecule has 2 heteroatoms. The lowest BCUT2D eigenvalue weighted by molar-refractivity contribution is 0.425. The molecule has 1 aromatic heterocycles. The summed E-state index contributed by atoms with van der Waals surface area (Å²) in [4.78, 5) is 5.12. The molecule has 1 aliphatic heterocycles. The second kappa shape index (κ2) is 11.1. The van der Waals surface area contributed by atoms with Gasteiger partial charge in [0.05, 0.1) is 16.6 Å². The predicted octanol–water partition coefficient (Wildman–Crippen LogP) is 12.4. The maximum atomic E-state index is 6.61. The van der Waals surface area contributed by atoms with Gasteiger partial charge in [0, 0.05) is 27.5 Å². The van der Waals surface area contributed by atoms with E-state index in [1.165, 1.54) is 55.6 Å². The Morgan fingerprint density at radius 3 is 1.69 bits per heavy atom. The van der Waals surface area contributed by atoms with E-state index in [2.05, 4.69) is 190 Å². The van der Waals surface area contributed by atoms with E-state index < -0.39 is 5.41 Å². The van der Waals surface area contributed by atoms with Crippen LogP contribution in [0, 0.1) is 0 Å². The summed E-state index contributed by atoms with van der Waals surface area (Å²) in [5.41, 5.74) is 14.7. The normalized spacial score (nSPS) is 14.5. The molecule has 0 N–H and O–H groups in total. The molecule has 7 aromatic carbocycles. The quantitative estimate of drug-likeness (QED) is 0.189. The highest BCUT2D eigenvalue weighted by atomic mass is 16.5. The number of benzene rings is 7. The smallest absolute Gasteiger partial charge is 0.132 e. The number of rotatable bonds is 3. The molecule has 2 nitrogen and oxygen atoms in total. The lowest BCUT2D eigenvalue weighted by Gasteiger charge is -2.50. The van der Waals surface area contributed by atoms with Gasteiger partial charge in [-0.05, 0) is 74.8 Å². The van der Waals surface area contributed by atoms with Gasteiger partial charge >= 0.3 is 0 Å². The first-order valence-electron chi connectivity index (χ1n) is 17.7. The van der Waals surface area contributed by atoms with E-state index in [0.29, 0.717) is 0 Å². The van der Waals surface area contributed by atoms with Gasteiger partial charge in [-0.1, -0.05) is 159 Å². The van der Waals surface area contributed by atoms with Crippen LogP contribution < -0.4 is 4.74 Å². The molecular weight excluding hydrogens is 619 g/mol. The average Bonchev–Trinajstić information content (AvgIpc) is 3.19. The zero-order valence-corrected chi connectivity index (χ0v) is 28.6. The molecule has 242 valence electrons. The Balaban J connectivity index is 1.16. The van der Waals surface area contributed by atoms with Crippen LogP contribution in [0.3, 0.4) is 0 Å². The van der Waals surface area contributed by atoms with E-state index in [9.17, 15) is 0 Å². The zero-order chi connectivity index (χ0) is 34.2. The van der Waals surface area contributed by atoms with Gasteiger partial charge in [-0.15, -0.1) is 0 Å². The molecule has 51 heavy (non-hydrogen) atoms. The van der Waals surface area contributed by atoms with Crippen molar-refractivity contribution < 1.29 is 4.74 Å². The summed E-state index contributed by atoms with van der Waals surface area (Å²) < 4.78 is 6.61. The van der Waals surface area contributed by atoms with Crippen molar-refractivity contribution in [3.05, 3.63) is 209 Å². The number of para-hydroxylation sites is 3. The van der Waals surface area contributed by atoms with Crippen molar-refractivity contribution in [2.24, 2.45) is 0 Å². The van der Waals surface area contributed by atoms with Crippen LogP contribution in [0.4, 0.5) is 0 Å². The summed E-state index contributed by atoms with van der Waals surface area (Å²) in [6.07, 6.45) is 0. The molecule has 2 aliphatic rings. The van der Waals surface area contributed by atoms with E-state index >= 15 is 0 Å². The van der Waals surface area contributed by atoms with E-state index in [1.807, 2.05) is 0 Å². The molecule has 0 atom stereocenters. The fourth-order valence-electron chi connectivity index (χ4n) is 8.81. The molecular formula is C49H35NO. The molecule has 8 aromatic rings. The van der Waals surface area contributed by atoms with E-state index in [0.717, 1.165) is 33.7 Å². The minimum absolute atomic E-state index is 0.194. The van der Waals surface area contributed by atoms with E-state index in [4.69, 9.17) is 9.72 Å². The van der Waals surface area contributed by atoms with Gasteiger partial charge in [0.1, 0.15) is 11.5 Å². The van der Waals surface area contributed by atoms with Gasteiger partial charge in [-0.3, -0.25) is 0 Å². The van der Waals surface area contributed by atoms with Gasteiger partial charge in [-0.25, -0.2) is 4.98 Å². The Bertz CT molecular complexity index is 2590. The number of ether oxygens (including phenoxy) is 1. The topological polar surface area (TPSA) is 22.1 Å². The second-order valence-electron chi connectivity index (χ2n) is 14.3. The molecule has 0 fully saturated rings. The minimum atomic E-state index is -0.536. The molecule has 2 heterocycles. The van der Waals surface area contributed by atoms with Crippen molar-refractivity contribution in [1.82, 2.24) is 4.98 Å². The van der Waals surface area contributed by atoms with Crippen LogP contribution in [-0.2, 0) is 10.8 Å². The van der Waals surface area contributed by atoms with Crippen molar-refractivity contribution >= 4 is 10.9 Å². The largest absolute Gasteiger partial charge is 0.457 e.